The van der Waals surface area contributed by atoms with E-state index >= 15 is 0 Å². The minimum atomic E-state index is -0.197. The van der Waals surface area contributed by atoms with Crippen molar-refractivity contribution in [3.05, 3.63) is 41.7 Å². The fraction of sp³-hybridized carbons (Fsp3) is 0.438. The van der Waals surface area contributed by atoms with Crippen LogP contribution < -0.4 is 10.6 Å². The maximum absolute atomic E-state index is 12.4. The molecule has 7 heteroatoms. The number of carbonyl (C=O) groups is 1. The average molecular weight is 316 g/mol. The van der Waals surface area contributed by atoms with Gasteiger partial charge in [-0.05, 0) is 32.4 Å². The van der Waals surface area contributed by atoms with Crippen LogP contribution in [-0.2, 0) is 4.74 Å². The second kappa shape index (κ2) is 6.78. The van der Waals surface area contributed by atoms with Crippen LogP contribution in [0.5, 0.6) is 0 Å². The number of nitrogens with one attached hydrogen (secondary N) is 2. The molecule has 0 bridgehead atoms. The van der Waals surface area contributed by atoms with Gasteiger partial charge in [0.05, 0.1) is 18.7 Å². The zero-order valence-electron chi connectivity index (χ0n) is 13.2. The number of aromatic nitrogens is 2. The standard InChI is InChI=1S/C16H20N4O3/c1-10-7-11(2)23-15(10)16(21)20-12-4-6-22-8-13(12)19-14-3-5-17-9-18-14/h3,5,7,9,12-13H,4,6,8H2,1-2H3,(H,20,21)(H,17,18,19)/t12-,13+/m0/s1. The number of carbonyl (C=O) groups excluding carboxylic acids is 1. The number of nitrogens with zero attached hydrogens (tertiary/aromatic N) is 2. The van der Waals surface area contributed by atoms with E-state index in [0.29, 0.717) is 24.8 Å². The number of hydrogen-bond donors (Lipinski definition) is 2. The van der Waals surface area contributed by atoms with Crippen molar-refractivity contribution < 1.29 is 13.9 Å². The highest BCUT2D eigenvalue weighted by atomic mass is 16.5. The van der Waals surface area contributed by atoms with Gasteiger partial charge in [-0.1, -0.05) is 0 Å². The van der Waals surface area contributed by atoms with Gasteiger partial charge in [-0.3, -0.25) is 4.79 Å². The van der Waals surface area contributed by atoms with Crippen LogP contribution >= 0.6 is 0 Å². The summed E-state index contributed by atoms with van der Waals surface area (Å²) in [5.41, 5.74) is 0.840. The van der Waals surface area contributed by atoms with Crippen LogP contribution in [0.3, 0.4) is 0 Å². The molecule has 122 valence electrons. The smallest absolute Gasteiger partial charge is 0.287 e. The summed E-state index contributed by atoms with van der Waals surface area (Å²) in [6.45, 7) is 4.82. The van der Waals surface area contributed by atoms with Gasteiger partial charge in [-0.15, -0.1) is 0 Å². The number of anilines is 1. The highest BCUT2D eigenvalue weighted by Crippen LogP contribution is 2.17. The molecule has 2 atom stereocenters. The second-order valence-electron chi connectivity index (χ2n) is 5.66. The third kappa shape index (κ3) is 3.68. The van der Waals surface area contributed by atoms with Crippen LogP contribution in [0.2, 0.25) is 0 Å². The Hall–Kier alpha value is -2.41. The van der Waals surface area contributed by atoms with Crippen molar-refractivity contribution in [3.8, 4) is 0 Å². The molecule has 1 aliphatic rings. The van der Waals surface area contributed by atoms with Crippen molar-refractivity contribution in [2.75, 3.05) is 18.5 Å². The summed E-state index contributed by atoms with van der Waals surface area (Å²) in [6, 6.07) is 3.53. The van der Waals surface area contributed by atoms with E-state index in [4.69, 9.17) is 9.15 Å². The van der Waals surface area contributed by atoms with E-state index in [2.05, 4.69) is 20.6 Å². The molecule has 1 amide bonds. The minimum Gasteiger partial charge on any atom is -0.456 e. The number of ether oxygens (including phenoxy) is 1. The van der Waals surface area contributed by atoms with E-state index in [-0.39, 0.29) is 18.0 Å². The summed E-state index contributed by atoms with van der Waals surface area (Å²) < 4.78 is 11.0. The lowest BCUT2D eigenvalue weighted by Crippen LogP contribution is -2.52. The molecule has 1 aliphatic heterocycles. The summed E-state index contributed by atoms with van der Waals surface area (Å²) >= 11 is 0. The lowest BCUT2D eigenvalue weighted by atomic mass is 10.0. The quantitative estimate of drug-likeness (QED) is 0.892. The van der Waals surface area contributed by atoms with Gasteiger partial charge in [0.1, 0.15) is 17.9 Å². The van der Waals surface area contributed by atoms with Crippen LogP contribution in [0.25, 0.3) is 0 Å². The largest absolute Gasteiger partial charge is 0.456 e. The molecule has 0 saturated carbocycles. The maximum atomic E-state index is 12.4. The lowest BCUT2D eigenvalue weighted by Gasteiger charge is -2.32. The van der Waals surface area contributed by atoms with Crippen LogP contribution in [0.4, 0.5) is 5.82 Å². The summed E-state index contributed by atoms with van der Waals surface area (Å²) in [6.07, 6.45) is 3.88. The zero-order chi connectivity index (χ0) is 16.2. The molecule has 0 unspecified atom stereocenters. The third-order valence-corrected chi connectivity index (χ3v) is 3.84. The number of amides is 1. The normalized spacial score (nSPS) is 21.0. The van der Waals surface area contributed by atoms with Crippen LogP contribution in [0, 0.1) is 13.8 Å². The molecular formula is C16H20N4O3. The molecule has 2 aromatic rings. The van der Waals surface area contributed by atoms with Gasteiger partial charge in [0.25, 0.3) is 5.91 Å². The fourth-order valence-electron chi connectivity index (χ4n) is 2.72. The SMILES string of the molecule is Cc1cc(C)c(C(=O)N[C@H]2CCOC[C@H]2Nc2ccncn2)o1. The van der Waals surface area contributed by atoms with E-state index in [1.807, 2.05) is 19.9 Å². The molecule has 3 heterocycles. The van der Waals surface area contributed by atoms with Gasteiger partial charge >= 0.3 is 0 Å². The Morgan fingerprint density at radius 2 is 2.22 bits per heavy atom. The number of hydrogen-bond acceptors (Lipinski definition) is 6. The molecule has 7 nitrogen and oxygen atoms in total. The van der Waals surface area contributed by atoms with Crippen LogP contribution in [0.1, 0.15) is 28.3 Å². The Morgan fingerprint density at radius 3 is 2.91 bits per heavy atom. The van der Waals surface area contributed by atoms with Crippen LogP contribution in [-0.4, -0.2) is 41.2 Å². The van der Waals surface area contributed by atoms with Crippen molar-refractivity contribution in [1.29, 1.82) is 0 Å². The van der Waals surface area contributed by atoms with Gasteiger partial charge in [0, 0.05) is 18.4 Å². The van der Waals surface area contributed by atoms with Crippen molar-refractivity contribution in [2.45, 2.75) is 32.4 Å². The summed E-state index contributed by atoms with van der Waals surface area (Å²) in [7, 11) is 0. The van der Waals surface area contributed by atoms with Gasteiger partial charge in [0.2, 0.25) is 0 Å². The van der Waals surface area contributed by atoms with Crippen molar-refractivity contribution >= 4 is 11.7 Å². The van der Waals surface area contributed by atoms with E-state index < -0.39 is 0 Å². The topological polar surface area (TPSA) is 89.3 Å². The number of furan rings is 1. The van der Waals surface area contributed by atoms with Gasteiger partial charge in [-0.2, -0.15) is 0 Å². The monoisotopic (exact) mass is 316 g/mol. The molecule has 0 spiro atoms. The Morgan fingerprint density at radius 1 is 1.35 bits per heavy atom. The Balaban J connectivity index is 1.69. The maximum Gasteiger partial charge on any atom is 0.287 e. The van der Waals surface area contributed by atoms with E-state index in [1.54, 1.807) is 12.3 Å². The van der Waals surface area contributed by atoms with Crippen molar-refractivity contribution in [1.82, 2.24) is 15.3 Å². The first-order valence-corrected chi connectivity index (χ1v) is 7.61. The molecule has 0 aromatic carbocycles. The summed E-state index contributed by atoms with van der Waals surface area (Å²) in [4.78, 5) is 20.5. The minimum absolute atomic E-state index is 0.0565. The average Bonchev–Trinajstić information content (AvgIpc) is 2.89. The predicted molar refractivity (Wildman–Crippen MR) is 84.3 cm³/mol. The first-order chi connectivity index (χ1) is 11.1. The summed E-state index contributed by atoms with van der Waals surface area (Å²) in [5.74, 6) is 1.61. The van der Waals surface area contributed by atoms with E-state index in [9.17, 15) is 4.79 Å². The van der Waals surface area contributed by atoms with Crippen molar-refractivity contribution in [2.24, 2.45) is 0 Å². The zero-order valence-corrected chi connectivity index (χ0v) is 13.2. The summed E-state index contributed by atoms with van der Waals surface area (Å²) in [5, 5.41) is 6.33. The first kappa shape index (κ1) is 15.5. The lowest BCUT2D eigenvalue weighted by molar-refractivity contribution is 0.0609. The molecule has 1 fully saturated rings. The van der Waals surface area contributed by atoms with Gasteiger partial charge < -0.3 is 19.8 Å². The van der Waals surface area contributed by atoms with E-state index in [1.165, 1.54) is 6.33 Å². The first-order valence-electron chi connectivity index (χ1n) is 7.61. The highest BCUT2D eigenvalue weighted by Gasteiger charge is 2.29. The van der Waals surface area contributed by atoms with Crippen LogP contribution in [0.15, 0.2) is 29.1 Å². The molecule has 0 radical (unpaired) electrons. The molecule has 2 N–H and O–H groups in total. The molecule has 3 rings (SSSR count). The second-order valence-corrected chi connectivity index (χ2v) is 5.66. The Bertz CT molecular complexity index is 671. The van der Waals surface area contributed by atoms with Gasteiger partial charge in [-0.25, -0.2) is 9.97 Å². The molecule has 2 aromatic heterocycles. The number of rotatable bonds is 4. The van der Waals surface area contributed by atoms with Gasteiger partial charge in [0.15, 0.2) is 5.76 Å². The Labute approximate surface area is 134 Å². The van der Waals surface area contributed by atoms with Crippen molar-refractivity contribution in [3.63, 3.8) is 0 Å². The molecule has 23 heavy (non-hydrogen) atoms. The van der Waals surface area contributed by atoms with E-state index in [0.717, 1.165) is 17.7 Å². The third-order valence-electron chi connectivity index (χ3n) is 3.84. The number of aryl methyl sites for hydroxylation is 2. The highest BCUT2D eigenvalue weighted by molar-refractivity contribution is 5.93. The molecule has 1 saturated heterocycles. The fourth-order valence-corrected chi connectivity index (χ4v) is 2.72. The molecular weight excluding hydrogens is 296 g/mol. The Kier molecular flexibility index (Phi) is 4.57. The molecule has 0 aliphatic carbocycles. The predicted octanol–water partition coefficient (Wildman–Crippen LogP) is 1.69.